The topological polar surface area (TPSA) is 29.3 Å². The van der Waals surface area contributed by atoms with Crippen LogP contribution in [0.3, 0.4) is 0 Å². The number of aryl methyl sites for hydroxylation is 2. The van der Waals surface area contributed by atoms with Crippen LogP contribution in [-0.2, 0) is 13.1 Å². The van der Waals surface area contributed by atoms with Gasteiger partial charge in [0.2, 0.25) is 0 Å². The van der Waals surface area contributed by atoms with Gasteiger partial charge >= 0.3 is 0 Å². The van der Waals surface area contributed by atoms with Gasteiger partial charge in [0.15, 0.2) is 4.96 Å². The molecule has 0 unspecified atom stereocenters. The highest BCUT2D eigenvalue weighted by molar-refractivity contribution is 7.15. The maximum Gasteiger partial charge on any atom is 0.194 e. The number of fused-ring (bicyclic) bond motifs is 1. The van der Waals surface area contributed by atoms with Crippen molar-refractivity contribution in [2.75, 3.05) is 0 Å². The molecule has 3 aromatic heterocycles. The second-order valence-electron chi connectivity index (χ2n) is 4.32. The number of nitrogens with one attached hydrogen (secondary N) is 1. The molecule has 0 aliphatic heterocycles. The summed E-state index contributed by atoms with van der Waals surface area (Å²) < 4.78 is 2.25. The van der Waals surface area contributed by atoms with E-state index >= 15 is 0 Å². The molecular weight excluding hydrogens is 262 g/mol. The van der Waals surface area contributed by atoms with Crippen molar-refractivity contribution in [2.24, 2.45) is 0 Å². The Kier molecular flexibility index (Phi) is 3.20. The van der Waals surface area contributed by atoms with Crippen molar-refractivity contribution in [1.82, 2.24) is 14.7 Å². The highest BCUT2D eigenvalue weighted by Gasteiger charge is 2.11. The van der Waals surface area contributed by atoms with E-state index in [-0.39, 0.29) is 0 Å². The smallest absolute Gasteiger partial charge is 0.194 e. The predicted octanol–water partition coefficient (Wildman–Crippen LogP) is 3.36. The van der Waals surface area contributed by atoms with Crippen molar-refractivity contribution in [3.05, 3.63) is 44.9 Å². The Morgan fingerprint density at radius 3 is 2.94 bits per heavy atom. The molecule has 94 valence electrons. The molecule has 0 bridgehead atoms. The molecule has 0 aliphatic carbocycles. The Balaban J connectivity index is 1.77. The van der Waals surface area contributed by atoms with Crippen molar-refractivity contribution < 1.29 is 0 Å². The first-order chi connectivity index (χ1) is 8.75. The van der Waals surface area contributed by atoms with E-state index in [4.69, 9.17) is 0 Å². The molecule has 0 saturated heterocycles. The van der Waals surface area contributed by atoms with Gasteiger partial charge in [0.25, 0.3) is 0 Å². The molecule has 3 aromatic rings. The first-order valence-electron chi connectivity index (χ1n) is 5.91. The zero-order valence-electron chi connectivity index (χ0n) is 10.4. The first kappa shape index (κ1) is 11.9. The van der Waals surface area contributed by atoms with Gasteiger partial charge in [0, 0.05) is 29.0 Å². The van der Waals surface area contributed by atoms with Gasteiger partial charge in [-0.1, -0.05) is 6.07 Å². The Morgan fingerprint density at radius 2 is 2.17 bits per heavy atom. The monoisotopic (exact) mass is 277 g/mol. The molecule has 0 amide bonds. The Morgan fingerprint density at radius 1 is 1.28 bits per heavy atom. The Bertz CT molecular complexity index is 649. The average Bonchev–Trinajstić information content (AvgIpc) is 3.02. The summed E-state index contributed by atoms with van der Waals surface area (Å²) in [6, 6.07) is 4.25. The third-order valence-electron chi connectivity index (χ3n) is 3.00. The fraction of sp³-hybridized carbons (Fsp3) is 0.308. The van der Waals surface area contributed by atoms with Crippen LogP contribution in [0.2, 0.25) is 0 Å². The van der Waals surface area contributed by atoms with Crippen molar-refractivity contribution in [2.45, 2.75) is 26.9 Å². The van der Waals surface area contributed by atoms with Crippen LogP contribution in [0.25, 0.3) is 4.96 Å². The van der Waals surface area contributed by atoms with E-state index in [9.17, 15) is 0 Å². The van der Waals surface area contributed by atoms with Crippen LogP contribution < -0.4 is 5.32 Å². The molecule has 0 radical (unpaired) electrons. The van der Waals surface area contributed by atoms with Crippen LogP contribution >= 0.6 is 22.7 Å². The molecule has 5 heteroatoms. The lowest BCUT2D eigenvalue weighted by Gasteiger charge is -2.04. The van der Waals surface area contributed by atoms with Crippen LogP contribution in [0.4, 0.5) is 0 Å². The number of aromatic nitrogens is 2. The summed E-state index contributed by atoms with van der Waals surface area (Å²) in [6.45, 7) is 6.00. The van der Waals surface area contributed by atoms with E-state index in [0.717, 1.165) is 23.7 Å². The van der Waals surface area contributed by atoms with Crippen molar-refractivity contribution in [1.29, 1.82) is 0 Å². The molecule has 0 fully saturated rings. The molecule has 3 nitrogen and oxygen atoms in total. The fourth-order valence-electron chi connectivity index (χ4n) is 2.09. The van der Waals surface area contributed by atoms with E-state index in [1.165, 1.54) is 16.3 Å². The second-order valence-corrected chi connectivity index (χ2v) is 6.19. The summed E-state index contributed by atoms with van der Waals surface area (Å²) in [5.41, 5.74) is 3.67. The Labute approximate surface area is 114 Å². The molecule has 1 N–H and O–H groups in total. The number of rotatable bonds is 4. The van der Waals surface area contributed by atoms with Crippen LogP contribution in [0.15, 0.2) is 22.9 Å². The van der Waals surface area contributed by atoms with E-state index in [2.05, 4.69) is 51.4 Å². The quantitative estimate of drug-likeness (QED) is 0.792. The molecule has 0 spiro atoms. The summed E-state index contributed by atoms with van der Waals surface area (Å²) in [6.07, 6.45) is 0. The third kappa shape index (κ3) is 2.09. The summed E-state index contributed by atoms with van der Waals surface area (Å²) in [7, 11) is 0. The van der Waals surface area contributed by atoms with Crippen LogP contribution in [-0.4, -0.2) is 9.38 Å². The third-order valence-corrected chi connectivity index (χ3v) is 4.82. The molecule has 0 aromatic carbocycles. The van der Waals surface area contributed by atoms with E-state index in [1.807, 2.05) is 0 Å². The molecule has 18 heavy (non-hydrogen) atoms. The number of thiazole rings is 1. The predicted molar refractivity (Wildman–Crippen MR) is 77.4 cm³/mol. The molecule has 3 heterocycles. The minimum atomic E-state index is 0.864. The highest BCUT2D eigenvalue weighted by Crippen LogP contribution is 2.20. The van der Waals surface area contributed by atoms with Crippen molar-refractivity contribution >= 4 is 27.6 Å². The van der Waals surface area contributed by atoms with Gasteiger partial charge in [-0.3, -0.25) is 4.40 Å². The van der Waals surface area contributed by atoms with Crippen LogP contribution in [0.1, 0.15) is 22.0 Å². The maximum atomic E-state index is 4.59. The number of hydrogen-bond donors (Lipinski definition) is 1. The largest absolute Gasteiger partial charge is 0.306 e. The lowest BCUT2D eigenvalue weighted by atomic mass is 10.3. The van der Waals surface area contributed by atoms with Crippen molar-refractivity contribution in [3.63, 3.8) is 0 Å². The van der Waals surface area contributed by atoms with Gasteiger partial charge in [0.1, 0.15) is 0 Å². The summed E-state index contributed by atoms with van der Waals surface area (Å²) in [5.74, 6) is 0. The lowest BCUT2D eigenvalue weighted by molar-refractivity contribution is 0.677. The number of hydrogen-bond acceptors (Lipinski definition) is 4. The molecule has 3 rings (SSSR count). The average molecular weight is 277 g/mol. The van der Waals surface area contributed by atoms with Gasteiger partial charge in [-0.2, -0.15) is 0 Å². The van der Waals surface area contributed by atoms with Gasteiger partial charge in [-0.25, -0.2) is 4.98 Å². The maximum absolute atomic E-state index is 4.59. The summed E-state index contributed by atoms with van der Waals surface area (Å²) in [5, 5.41) is 7.77. The molecule has 0 saturated carbocycles. The summed E-state index contributed by atoms with van der Waals surface area (Å²) in [4.78, 5) is 7.06. The number of thiophene rings is 1. The van der Waals surface area contributed by atoms with Crippen molar-refractivity contribution in [3.8, 4) is 0 Å². The summed E-state index contributed by atoms with van der Waals surface area (Å²) >= 11 is 3.50. The number of nitrogens with zero attached hydrogens (tertiary/aromatic N) is 2. The normalized spacial score (nSPS) is 11.4. The fourth-order valence-corrected chi connectivity index (χ4v) is 3.70. The second kappa shape index (κ2) is 4.84. The highest BCUT2D eigenvalue weighted by atomic mass is 32.1. The molecule has 0 atom stereocenters. The van der Waals surface area contributed by atoms with E-state index in [0.29, 0.717) is 0 Å². The zero-order chi connectivity index (χ0) is 12.5. The zero-order valence-corrected chi connectivity index (χ0v) is 12.1. The van der Waals surface area contributed by atoms with Gasteiger partial charge in [-0.05, 0) is 25.3 Å². The van der Waals surface area contributed by atoms with E-state index < -0.39 is 0 Å². The van der Waals surface area contributed by atoms with Crippen LogP contribution in [0.5, 0.6) is 0 Å². The molecular formula is C13H15N3S2. The first-order valence-corrected chi connectivity index (χ1v) is 7.67. The minimum absolute atomic E-state index is 0.864. The molecule has 0 aliphatic rings. The SMILES string of the molecule is Cc1nc2scc(C)n2c1CNCc1cccs1. The minimum Gasteiger partial charge on any atom is -0.306 e. The van der Waals surface area contributed by atoms with Gasteiger partial charge in [0.05, 0.1) is 11.4 Å². The van der Waals surface area contributed by atoms with Crippen LogP contribution in [0, 0.1) is 13.8 Å². The standard InChI is InChI=1S/C13H15N3S2/c1-9-8-18-13-15-10(2)12(16(9)13)7-14-6-11-4-3-5-17-11/h3-5,8,14H,6-7H2,1-2H3. The van der Waals surface area contributed by atoms with Gasteiger partial charge in [-0.15, -0.1) is 22.7 Å². The Hall–Kier alpha value is -1.17. The van der Waals surface area contributed by atoms with E-state index in [1.54, 1.807) is 22.7 Å². The number of imidazole rings is 1. The van der Waals surface area contributed by atoms with Gasteiger partial charge < -0.3 is 5.32 Å². The lowest BCUT2D eigenvalue weighted by Crippen LogP contribution is -2.14.